The van der Waals surface area contributed by atoms with Crippen molar-refractivity contribution in [1.29, 1.82) is 0 Å². The molecule has 27 heavy (non-hydrogen) atoms. The second-order valence-electron chi connectivity index (χ2n) is 6.51. The summed E-state index contributed by atoms with van der Waals surface area (Å²) < 4.78 is 5.31. The molecule has 0 spiro atoms. The third-order valence-electron chi connectivity index (χ3n) is 4.26. The quantitative estimate of drug-likeness (QED) is 0.533. The van der Waals surface area contributed by atoms with E-state index in [1.165, 1.54) is 13.8 Å². The Hall–Kier alpha value is -2.93. The number of aliphatic hydroxyl groups excluding tert-OH is 1. The van der Waals surface area contributed by atoms with Gasteiger partial charge in [0.1, 0.15) is 5.69 Å². The number of ether oxygens (including phenoxy) is 1. The zero-order valence-corrected chi connectivity index (χ0v) is 16.0. The molecule has 1 aromatic heterocycles. The van der Waals surface area contributed by atoms with Crippen LogP contribution in [0.15, 0.2) is 24.3 Å². The van der Waals surface area contributed by atoms with Crippen LogP contribution in [-0.2, 0) is 9.53 Å². The van der Waals surface area contributed by atoms with E-state index in [0.717, 1.165) is 0 Å². The van der Waals surface area contributed by atoms with Gasteiger partial charge in [-0.15, -0.1) is 0 Å². The molecule has 0 unspecified atom stereocenters. The van der Waals surface area contributed by atoms with Gasteiger partial charge in [-0.3, -0.25) is 9.59 Å². The summed E-state index contributed by atoms with van der Waals surface area (Å²) in [6.07, 6.45) is -1.70. The Morgan fingerprint density at radius 1 is 1.11 bits per heavy atom. The van der Waals surface area contributed by atoms with Crippen LogP contribution in [0, 0.1) is 13.8 Å². The molecule has 0 radical (unpaired) electrons. The number of carbonyl (C=O) groups excluding carboxylic acids is 3. The van der Waals surface area contributed by atoms with E-state index in [1.807, 2.05) is 0 Å². The van der Waals surface area contributed by atoms with Crippen molar-refractivity contribution in [2.75, 3.05) is 5.32 Å². The summed E-state index contributed by atoms with van der Waals surface area (Å²) in [4.78, 5) is 38.9. The average Bonchev–Trinajstić information content (AvgIpc) is 2.89. The van der Waals surface area contributed by atoms with Crippen LogP contribution in [0.1, 0.15) is 64.5 Å². The van der Waals surface area contributed by atoms with Crippen LogP contribution in [0.2, 0.25) is 0 Å². The van der Waals surface area contributed by atoms with Gasteiger partial charge in [-0.1, -0.05) is 0 Å². The van der Waals surface area contributed by atoms with Gasteiger partial charge in [0.25, 0.3) is 0 Å². The van der Waals surface area contributed by atoms with Gasteiger partial charge in [0.05, 0.1) is 6.10 Å². The van der Waals surface area contributed by atoms with Crippen LogP contribution in [-0.4, -0.2) is 33.9 Å². The van der Waals surface area contributed by atoms with Crippen molar-refractivity contribution in [3.63, 3.8) is 0 Å². The topological polar surface area (TPSA) is 108 Å². The number of aromatic nitrogens is 1. The molecule has 0 saturated heterocycles. The van der Waals surface area contributed by atoms with Gasteiger partial charge in [0, 0.05) is 29.4 Å². The molecule has 1 aromatic carbocycles. The molecule has 144 valence electrons. The zero-order valence-electron chi connectivity index (χ0n) is 16.0. The number of ketones is 1. The van der Waals surface area contributed by atoms with Crippen molar-refractivity contribution < 1.29 is 24.2 Å². The fraction of sp³-hybridized carbons (Fsp3) is 0.350. The fourth-order valence-corrected chi connectivity index (χ4v) is 3.02. The van der Waals surface area contributed by atoms with Crippen LogP contribution in [0.3, 0.4) is 0 Å². The molecule has 0 saturated carbocycles. The Morgan fingerprint density at radius 3 is 2.19 bits per heavy atom. The maximum Gasteiger partial charge on any atom is 0.355 e. The first-order valence-corrected chi connectivity index (χ1v) is 8.61. The lowest BCUT2D eigenvalue weighted by Gasteiger charge is -2.13. The van der Waals surface area contributed by atoms with Crippen LogP contribution in [0.4, 0.5) is 5.69 Å². The first-order valence-electron chi connectivity index (χ1n) is 8.61. The molecule has 0 aliphatic rings. The number of esters is 1. The van der Waals surface area contributed by atoms with E-state index in [1.54, 1.807) is 45.0 Å². The molecule has 2 aromatic rings. The fourth-order valence-electron chi connectivity index (χ4n) is 3.02. The van der Waals surface area contributed by atoms with Gasteiger partial charge in [-0.2, -0.15) is 0 Å². The number of Topliss-reactive ketones (excluding diaryl/α,β-unsaturated/α-hetero) is 1. The predicted molar refractivity (Wildman–Crippen MR) is 101 cm³/mol. The van der Waals surface area contributed by atoms with Gasteiger partial charge >= 0.3 is 5.97 Å². The molecule has 0 fully saturated rings. The molecule has 0 aliphatic carbocycles. The summed E-state index contributed by atoms with van der Waals surface area (Å²) in [7, 11) is 0. The number of H-pyrrole nitrogens is 1. The molecule has 7 nitrogen and oxygen atoms in total. The van der Waals surface area contributed by atoms with Crippen molar-refractivity contribution in [2.24, 2.45) is 0 Å². The van der Waals surface area contributed by atoms with E-state index in [4.69, 9.17) is 4.74 Å². The van der Waals surface area contributed by atoms with Gasteiger partial charge in [0.15, 0.2) is 6.10 Å². The Kier molecular flexibility index (Phi) is 6.17. The predicted octanol–water partition coefficient (Wildman–Crippen LogP) is 3.07. The van der Waals surface area contributed by atoms with Crippen LogP contribution >= 0.6 is 0 Å². The number of nitrogens with one attached hydrogen (secondary N) is 2. The lowest BCUT2D eigenvalue weighted by Crippen LogP contribution is -2.25. The second-order valence-corrected chi connectivity index (χ2v) is 6.51. The van der Waals surface area contributed by atoms with Gasteiger partial charge < -0.3 is 20.1 Å². The summed E-state index contributed by atoms with van der Waals surface area (Å²) in [5, 5.41) is 12.4. The number of carbonyl (C=O) groups is 3. The van der Waals surface area contributed by atoms with Crippen molar-refractivity contribution in [1.82, 2.24) is 4.98 Å². The molecule has 0 bridgehead atoms. The number of aliphatic hydroxyl groups is 1. The van der Waals surface area contributed by atoms with Crippen LogP contribution in [0.5, 0.6) is 0 Å². The van der Waals surface area contributed by atoms with E-state index < -0.39 is 18.2 Å². The van der Waals surface area contributed by atoms with E-state index in [0.29, 0.717) is 28.1 Å². The van der Waals surface area contributed by atoms with Crippen molar-refractivity contribution in [2.45, 2.75) is 46.8 Å². The third-order valence-corrected chi connectivity index (χ3v) is 4.26. The minimum Gasteiger partial charge on any atom is -0.450 e. The van der Waals surface area contributed by atoms with E-state index in [9.17, 15) is 19.5 Å². The van der Waals surface area contributed by atoms with Gasteiger partial charge in [0.2, 0.25) is 11.7 Å². The molecular weight excluding hydrogens is 348 g/mol. The maximum absolute atomic E-state index is 12.5. The van der Waals surface area contributed by atoms with Gasteiger partial charge in [-0.25, -0.2) is 4.79 Å². The van der Waals surface area contributed by atoms with Crippen LogP contribution < -0.4 is 5.32 Å². The van der Waals surface area contributed by atoms with E-state index in [-0.39, 0.29) is 17.4 Å². The molecule has 1 amide bonds. The number of hydrogen-bond acceptors (Lipinski definition) is 5. The molecule has 1 heterocycles. The minimum absolute atomic E-state index is 0.204. The zero-order chi connectivity index (χ0) is 20.3. The number of rotatable bonds is 6. The maximum atomic E-state index is 12.5. The summed E-state index contributed by atoms with van der Waals surface area (Å²) in [6.45, 7) is 8.00. The number of aryl methyl sites for hydroxylation is 1. The second kappa shape index (κ2) is 8.18. The van der Waals surface area contributed by atoms with Gasteiger partial charge in [-0.05, 0) is 57.5 Å². The monoisotopic (exact) mass is 372 g/mol. The highest BCUT2D eigenvalue weighted by Crippen LogP contribution is 2.25. The van der Waals surface area contributed by atoms with Crippen molar-refractivity contribution in [3.8, 4) is 0 Å². The lowest BCUT2D eigenvalue weighted by atomic mass is 10.1. The van der Waals surface area contributed by atoms with E-state index in [2.05, 4.69) is 10.3 Å². The Morgan fingerprint density at radius 2 is 1.70 bits per heavy atom. The molecule has 2 atom stereocenters. The summed E-state index contributed by atoms with van der Waals surface area (Å²) in [5.41, 5.74) is 3.10. The standard InChI is InChI=1S/C20H24N2O5/c1-10-17(12(3)23)11(2)21-18(10)20(26)27-13(4)19(25)15-6-8-16(9-7-15)22-14(5)24/h6-9,12-13,21,23H,1-5H3,(H,22,24)/t12-,13+/m1/s1. The normalized spacial score (nSPS) is 13.0. The number of benzene rings is 1. The third kappa shape index (κ3) is 4.62. The first kappa shape index (κ1) is 20.4. The SMILES string of the molecule is CC(=O)Nc1ccc(C(=O)[C@H](C)OC(=O)c2[nH]c(C)c([C@@H](C)O)c2C)cc1. The summed E-state index contributed by atoms with van der Waals surface area (Å²) in [5.74, 6) is -1.21. The minimum atomic E-state index is -0.984. The van der Waals surface area contributed by atoms with Crippen LogP contribution in [0.25, 0.3) is 0 Å². The van der Waals surface area contributed by atoms with E-state index >= 15 is 0 Å². The molecule has 0 aliphatic heterocycles. The highest BCUT2D eigenvalue weighted by atomic mass is 16.5. The Bertz CT molecular complexity index is 865. The smallest absolute Gasteiger partial charge is 0.355 e. The number of hydrogen-bond donors (Lipinski definition) is 3. The summed E-state index contributed by atoms with van der Waals surface area (Å²) >= 11 is 0. The number of anilines is 1. The largest absolute Gasteiger partial charge is 0.450 e. The Balaban J connectivity index is 2.11. The van der Waals surface area contributed by atoms with Crippen molar-refractivity contribution in [3.05, 3.63) is 52.3 Å². The number of amides is 1. The Labute approximate surface area is 157 Å². The highest BCUT2D eigenvalue weighted by molar-refractivity contribution is 6.02. The van der Waals surface area contributed by atoms with Crippen molar-refractivity contribution >= 4 is 23.3 Å². The lowest BCUT2D eigenvalue weighted by molar-refractivity contribution is -0.114. The molecule has 3 N–H and O–H groups in total. The molecule has 7 heteroatoms. The highest BCUT2D eigenvalue weighted by Gasteiger charge is 2.25. The average molecular weight is 372 g/mol. The molecule has 2 rings (SSSR count). The first-order chi connectivity index (χ1) is 12.6. The summed E-state index contributed by atoms with van der Waals surface area (Å²) in [6, 6.07) is 6.34. The number of aromatic amines is 1. The molecular formula is C20H24N2O5.